The molecule has 0 spiro atoms. The lowest BCUT2D eigenvalue weighted by atomic mass is 9.84. The van der Waals surface area contributed by atoms with Crippen LogP contribution in [-0.2, 0) is 51.5 Å². The number of hydrogen-bond acceptors (Lipinski definition) is 30. The van der Waals surface area contributed by atoms with Crippen molar-refractivity contribution in [3.63, 3.8) is 0 Å². The van der Waals surface area contributed by atoms with Gasteiger partial charge in [0.2, 0.25) is 0 Å². The third kappa shape index (κ3) is 15.2. The van der Waals surface area contributed by atoms with Crippen molar-refractivity contribution in [3.8, 4) is 0 Å². The summed E-state index contributed by atoms with van der Waals surface area (Å²) in [4.78, 5) is 64.8. The van der Waals surface area contributed by atoms with E-state index in [0.29, 0.717) is 5.75 Å². The highest BCUT2D eigenvalue weighted by molar-refractivity contribution is 7.99. The van der Waals surface area contributed by atoms with Crippen molar-refractivity contribution in [3.05, 3.63) is 65.2 Å². The molecular weight excluding hydrogens is 1180 g/mol. The largest absolute Gasteiger partial charge is 0.472 e. The maximum absolute atomic E-state index is 13.5. The first kappa shape index (κ1) is 66.6. The third-order valence-corrected chi connectivity index (χ3v) is 17.8. The topological polar surface area (TPSA) is 561 Å². The molecule has 6 fully saturated rings. The van der Waals surface area contributed by atoms with Crippen molar-refractivity contribution in [1.29, 1.82) is 0 Å². The average Bonchev–Trinajstić information content (AvgIpc) is 2.95. The van der Waals surface area contributed by atoms with Gasteiger partial charge >= 0.3 is 19.2 Å². The fraction of sp³-hybridized carbons (Fsp3) is 0.804. The van der Waals surface area contributed by atoms with Gasteiger partial charge in [0.15, 0.2) is 24.0 Å². The number of nitrogens with zero attached hydrogens (tertiary/aromatic N) is 2. The summed E-state index contributed by atoms with van der Waals surface area (Å²) in [5.74, 6) is 0.371. The van der Waals surface area contributed by atoms with Gasteiger partial charge in [0.05, 0.1) is 37.0 Å². The summed E-state index contributed by atoms with van der Waals surface area (Å²) in [5.41, 5.74) is 34.3. The van der Waals surface area contributed by atoms with Crippen molar-refractivity contribution in [1.82, 2.24) is 29.7 Å². The summed E-state index contributed by atoms with van der Waals surface area (Å²) < 4.78 is 74.9. The molecule has 35 nitrogen and oxygen atoms in total. The normalized spacial score (nSPS) is 40.6. The second-order valence-corrected chi connectivity index (χ2v) is 24.4. The molecule has 2 aromatic rings. The molecule has 5 saturated heterocycles. The Bertz CT molecular complexity index is 2850. The maximum Gasteiger partial charge on any atom is 0.472 e. The van der Waals surface area contributed by atoms with E-state index in [4.69, 9.17) is 93.6 Å². The zero-order valence-corrected chi connectivity index (χ0v) is 48.0. The van der Waals surface area contributed by atoms with Crippen molar-refractivity contribution in [2.45, 2.75) is 186 Å². The number of ether oxygens (including phenoxy) is 8. The molecule has 0 bridgehead atoms. The summed E-state index contributed by atoms with van der Waals surface area (Å²) in [6.45, 7) is 1.81. The van der Waals surface area contributed by atoms with E-state index in [0.717, 1.165) is 9.13 Å². The zero-order chi connectivity index (χ0) is 61.2. The lowest BCUT2D eigenvalue weighted by Crippen LogP contribution is -2.68. The zero-order valence-electron chi connectivity index (χ0n) is 45.5. The highest BCUT2D eigenvalue weighted by Gasteiger charge is 2.55. The van der Waals surface area contributed by atoms with Gasteiger partial charge < -0.3 is 124 Å². The molecule has 5 aliphatic heterocycles. The number of hydrogen-bond donors (Lipinski definition) is 18. The minimum Gasteiger partial charge on any atom is -0.390 e. The van der Waals surface area contributed by atoms with Crippen LogP contribution in [0.5, 0.6) is 0 Å². The molecule has 6 aliphatic rings. The number of aromatic amines is 2. The quantitative estimate of drug-likeness (QED) is 0.0296. The number of nitrogens with one attached hydrogen (secondary N) is 4. The molecule has 1 saturated carbocycles. The van der Waals surface area contributed by atoms with Gasteiger partial charge in [-0.1, -0.05) is 0 Å². The van der Waals surface area contributed by atoms with Crippen LogP contribution in [0.1, 0.15) is 42.8 Å². The number of nitrogens with two attached hydrogens (primary N) is 6. The number of H-pyrrole nitrogens is 2. The first-order valence-electron chi connectivity index (χ1n) is 27.0. The Balaban J connectivity index is 0.889. The predicted octanol–water partition coefficient (Wildman–Crippen LogP) is -9.53. The molecule has 1 aliphatic carbocycles. The lowest BCUT2D eigenvalue weighted by molar-refractivity contribution is -0.306. The Labute approximate surface area is 487 Å². The van der Waals surface area contributed by atoms with E-state index in [1.807, 2.05) is 0 Å². The van der Waals surface area contributed by atoms with Gasteiger partial charge in [0.1, 0.15) is 91.8 Å². The number of aryl methyl sites for hydroxylation is 2. The van der Waals surface area contributed by atoms with Crippen molar-refractivity contribution >= 4 is 36.9 Å². The standard InChI is InChI=1S/C46H77N12O23PS2/c1-15-11-57(45(68)55-39(15)66)26-6-19(59)24(74-26)13-72-82(70,71)81-20-7-27(58-12-16(2)40(67)56-46(58)69)73-23(20)10-54-44(83)53-3-4-84-14-25-37(79-42-29(52)34(64)32(62)22(9-48)76-42)35(65)43(77-25)80-38-30(60)17(49)5-18(50)36(38)78-41-28(51)33(63)31(61)21(8-47)75-41/h11-12,17-38,41-43,59-65H,3-10,13-14,47-52H2,1-2H3,(H,70,71)(H2,53,54,83)(H,55,66,68)(H,56,67,69)/t17-,18+,19+,20+,21-,22-,23-,24-,25-,26-,27-,28-,29-,30+,31-,32-,33-,34-,35-,36-,37-,38-,41-,42-,43+/m1/s1. The second kappa shape index (κ2) is 28.4. The third-order valence-electron chi connectivity index (χ3n) is 15.4. The van der Waals surface area contributed by atoms with E-state index >= 15 is 0 Å². The number of aromatic nitrogens is 4. The van der Waals surface area contributed by atoms with Gasteiger partial charge in [-0.25, -0.2) is 14.2 Å². The highest BCUT2D eigenvalue weighted by Crippen LogP contribution is 2.49. The second-order valence-electron chi connectivity index (χ2n) is 21.4. The summed E-state index contributed by atoms with van der Waals surface area (Å²) in [5, 5.41) is 82.5. The van der Waals surface area contributed by atoms with Gasteiger partial charge in [0.25, 0.3) is 11.1 Å². The molecule has 7 heterocycles. The molecule has 2 aromatic heterocycles. The van der Waals surface area contributed by atoms with Crippen LogP contribution in [-0.4, -0.2) is 250 Å². The van der Waals surface area contributed by atoms with Crippen LogP contribution in [0.2, 0.25) is 0 Å². The number of phosphoric ester groups is 1. The van der Waals surface area contributed by atoms with Crippen LogP contribution in [0.25, 0.3) is 0 Å². The molecule has 26 atom stereocenters. The van der Waals surface area contributed by atoms with Gasteiger partial charge in [-0.05, 0) is 32.5 Å². The summed E-state index contributed by atoms with van der Waals surface area (Å²) in [6.07, 6.45) is -25.7. The minimum absolute atomic E-state index is 0.0199. The van der Waals surface area contributed by atoms with E-state index < -0.39 is 190 Å². The summed E-state index contributed by atoms with van der Waals surface area (Å²) >= 11 is 6.82. The number of thiocarbonyl (C=S) groups is 1. The van der Waals surface area contributed by atoms with Crippen LogP contribution in [0.15, 0.2) is 31.6 Å². The van der Waals surface area contributed by atoms with Gasteiger partial charge in [-0.2, -0.15) is 11.8 Å². The fourth-order valence-corrected chi connectivity index (χ4v) is 12.7. The Morgan fingerprint density at radius 2 is 1.19 bits per heavy atom. The van der Waals surface area contributed by atoms with E-state index in [1.165, 1.54) is 38.0 Å². The smallest absolute Gasteiger partial charge is 0.390 e. The molecule has 38 heteroatoms. The van der Waals surface area contributed by atoms with Crippen LogP contribution < -0.4 is 67.5 Å². The number of thioether (sulfide) groups is 1. The van der Waals surface area contributed by atoms with Crippen molar-refractivity contribution in [2.24, 2.45) is 34.4 Å². The Morgan fingerprint density at radius 1 is 0.667 bits per heavy atom. The Hall–Kier alpha value is -3.33. The van der Waals surface area contributed by atoms with Gasteiger partial charge in [-0.15, -0.1) is 0 Å². The summed E-state index contributed by atoms with van der Waals surface area (Å²) in [7, 11) is -5.02. The molecule has 0 amide bonds. The van der Waals surface area contributed by atoms with Crippen LogP contribution in [0, 0.1) is 13.8 Å². The van der Waals surface area contributed by atoms with E-state index in [-0.39, 0.29) is 67.4 Å². The number of rotatable bonds is 22. The van der Waals surface area contributed by atoms with Gasteiger partial charge in [0, 0.05) is 86.1 Å². The molecule has 8 rings (SSSR count). The van der Waals surface area contributed by atoms with E-state index in [2.05, 4.69) is 20.6 Å². The number of phosphoric acid groups is 1. The lowest BCUT2D eigenvalue weighted by Gasteiger charge is -2.47. The van der Waals surface area contributed by atoms with Crippen molar-refractivity contribution < 1.29 is 92.1 Å². The van der Waals surface area contributed by atoms with E-state index in [9.17, 15) is 64.4 Å². The molecular formula is C46H77N12O23PS2. The van der Waals surface area contributed by atoms with E-state index in [1.54, 1.807) is 0 Å². The average molecular weight is 1260 g/mol. The highest BCUT2D eigenvalue weighted by atomic mass is 32.2. The Morgan fingerprint density at radius 3 is 1.76 bits per heavy atom. The molecule has 0 aromatic carbocycles. The fourth-order valence-electron chi connectivity index (χ4n) is 10.6. The Kier molecular flexibility index (Phi) is 22.6. The van der Waals surface area contributed by atoms with Crippen LogP contribution >= 0.6 is 31.8 Å². The molecule has 24 N–H and O–H groups in total. The minimum atomic E-state index is -5.02. The molecule has 84 heavy (non-hydrogen) atoms. The molecule has 0 radical (unpaired) electrons. The monoisotopic (exact) mass is 1260 g/mol. The SMILES string of the molecule is Cc1cn([C@H]2C[C@H](OP(=O)(O)OC[C@H]3O[C@@H](n4cc(C)c(=O)[nH]c4=O)C[C@@H]3O)[C@@H](CNC(=S)NCCSC[C@H]3O[C@@H](O[C@@H]4[C@@H](O)[C@H](N)C[C@H](N)[C@H]4O[C@H]4O[C@H](CN)[C@@H](O)[C@H](O)[C@H]4N)[C@H](O)[C@@H]3O[C@H]3O[C@H](CN)[C@@H](O)[C@H](O)[C@H]3N)O2)c(=O)[nH]c1=O. The van der Waals surface area contributed by atoms with Crippen molar-refractivity contribution in [2.75, 3.05) is 44.3 Å². The summed E-state index contributed by atoms with van der Waals surface area (Å²) in [6, 6.07) is -4.54. The number of aliphatic hydroxyl groups excluding tert-OH is 7. The van der Waals surface area contributed by atoms with Crippen LogP contribution in [0.3, 0.4) is 0 Å². The first-order chi connectivity index (χ1) is 39.7. The number of aliphatic hydroxyl groups is 7. The first-order valence-corrected chi connectivity index (χ1v) is 30.1. The maximum atomic E-state index is 13.5. The predicted molar refractivity (Wildman–Crippen MR) is 293 cm³/mol. The van der Waals surface area contributed by atoms with Crippen LogP contribution in [0.4, 0.5) is 0 Å². The molecule has 1 unspecified atom stereocenters. The van der Waals surface area contributed by atoms with Gasteiger partial charge in [-0.3, -0.25) is 37.7 Å². The molecule has 476 valence electrons.